The Kier molecular flexibility index (Phi) is 4.46. The minimum absolute atomic E-state index is 0.0768. The van der Waals surface area contributed by atoms with Gasteiger partial charge in [0.2, 0.25) is 5.91 Å². The van der Waals surface area contributed by atoms with E-state index in [9.17, 15) is 9.59 Å². The molecule has 2 heterocycles. The molecule has 24 heavy (non-hydrogen) atoms. The van der Waals surface area contributed by atoms with Crippen molar-refractivity contribution >= 4 is 17.6 Å². The molecule has 6 nitrogen and oxygen atoms in total. The molecule has 0 saturated carbocycles. The molecule has 2 aromatic rings. The van der Waals surface area contributed by atoms with Gasteiger partial charge >= 0.3 is 5.97 Å². The Labute approximate surface area is 139 Å². The van der Waals surface area contributed by atoms with Crippen LogP contribution in [-0.2, 0) is 9.59 Å². The topological polar surface area (TPSA) is 83.1 Å². The van der Waals surface area contributed by atoms with Crippen molar-refractivity contribution < 1.29 is 19.1 Å². The van der Waals surface area contributed by atoms with Gasteiger partial charge < -0.3 is 9.52 Å². The van der Waals surface area contributed by atoms with Crippen molar-refractivity contribution in [3.63, 3.8) is 0 Å². The fraction of sp³-hybridized carbons (Fsp3) is 0.278. The lowest BCUT2D eigenvalue weighted by molar-refractivity contribution is -0.141. The molecule has 0 aliphatic carbocycles. The summed E-state index contributed by atoms with van der Waals surface area (Å²) in [6, 6.07) is 11.2. The second kappa shape index (κ2) is 6.70. The Balaban J connectivity index is 1.89. The Morgan fingerprint density at radius 3 is 2.79 bits per heavy atom. The largest absolute Gasteiger partial charge is 0.481 e. The first-order valence-corrected chi connectivity index (χ1v) is 7.76. The van der Waals surface area contributed by atoms with E-state index in [2.05, 4.69) is 5.10 Å². The molecule has 0 saturated heterocycles. The molecular weight excluding hydrogens is 308 g/mol. The highest BCUT2D eigenvalue weighted by molar-refractivity contribution is 6.01. The van der Waals surface area contributed by atoms with Gasteiger partial charge in [0, 0.05) is 12.8 Å². The third-order valence-corrected chi connectivity index (χ3v) is 3.95. The number of amides is 1. The van der Waals surface area contributed by atoms with E-state index in [4.69, 9.17) is 9.52 Å². The minimum atomic E-state index is -0.995. The van der Waals surface area contributed by atoms with Crippen molar-refractivity contribution in [1.29, 1.82) is 0 Å². The van der Waals surface area contributed by atoms with Crippen LogP contribution in [0.4, 0.5) is 0 Å². The van der Waals surface area contributed by atoms with Crippen LogP contribution in [0.2, 0.25) is 0 Å². The maximum Gasteiger partial charge on any atom is 0.303 e. The van der Waals surface area contributed by atoms with Crippen LogP contribution in [0, 0.1) is 6.92 Å². The number of carbonyl (C=O) groups excluding carboxylic acids is 1. The number of benzene rings is 1. The molecule has 1 amide bonds. The summed E-state index contributed by atoms with van der Waals surface area (Å²) in [5.41, 5.74) is 2.76. The molecule has 1 aromatic carbocycles. The number of hydrogen-bond donors (Lipinski definition) is 1. The van der Waals surface area contributed by atoms with Crippen molar-refractivity contribution in [1.82, 2.24) is 5.01 Å². The summed E-state index contributed by atoms with van der Waals surface area (Å²) in [5, 5.41) is 14.6. The van der Waals surface area contributed by atoms with E-state index in [1.807, 2.05) is 31.2 Å². The fourth-order valence-electron chi connectivity index (χ4n) is 2.80. The third-order valence-electron chi connectivity index (χ3n) is 3.95. The zero-order valence-electron chi connectivity index (χ0n) is 13.3. The number of carboxylic acids is 1. The second-order valence-corrected chi connectivity index (χ2v) is 5.79. The number of aryl methyl sites for hydroxylation is 1. The fourth-order valence-corrected chi connectivity index (χ4v) is 2.80. The standard InChI is InChI=1S/C18H18N2O4/c1-12-4-2-5-13(10-12)15-11-14(16-6-3-9-24-16)19-20(15)17(21)7-8-18(22)23/h2-6,9-10,15H,7-8,11H2,1H3,(H,22,23)/t15-/m1/s1. The molecule has 0 unspecified atom stereocenters. The van der Waals surface area contributed by atoms with Crippen molar-refractivity contribution in [2.75, 3.05) is 0 Å². The number of carbonyl (C=O) groups is 2. The number of furan rings is 1. The molecule has 3 rings (SSSR count). The SMILES string of the molecule is Cc1cccc([C@H]2CC(c3ccco3)=NN2C(=O)CCC(=O)O)c1. The maximum absolute atomic E-state index is 12.5. The van der Waals surface area contributed by atoms with Crippen LogP contribution in [0.5, 0.6) is 0 Å². The quantitative estimate of drug-likeness (QED) is 0.915. The first-order valence-electron chi connectivity index (χ1n) is 7.76. The average Bonchev–Trinajstić information content (AvgIpc) is 3.21. The van der Waals surface area contributed by atoms with Gasteiger partial charge in [0.1, 0.15) is 11.5 Å². The molecular formula is C18H18N2O4. The van der Waals surface area contributed by atoms with Crippen LogP contribution in [-0.4, -0.2) is 27.7 Å². The smallest absolute Gasteiger partial charge is 0.303 e. The van der Waals surface area contributed by atoms with E-state index >= 15 is 0 Å². The lowest BCUT2D eigenvalue weighted by Crippen LogP contribution is -2.27. The molecule has 1 N–H and O–H groups in total. The van der Waals surface area contributed by atoms with Crippen molar-refractivity contribution in [2.45, 2.75) is 32.2 Å². The van der Waals surface area contributed by atoms with Crippen LogP contribution in [0.25, 0.3) is 0 Å². The molecule has 1 aliphatic heterocycles. The van der Waals surface area contributed by atoms with Crippen molar-refractivity contribution in [2.24, 2.45) is 5.10 Å². The predicted molar refractivity (Wildman–Crippen MR) is 87.5 cm³/mol. The highest BCUT2D eigenvalue weighted by Crippen LogP contribution is 2.33. The first kappa shape index (κ1) is 16.0. The number of hydrogen-bond acceptors (Lipinski definition) is 4. The van der Waals surface area contributed by atoms with Crippen LogP contribution < -0.4 is 0 Å². The normalized spacial score (nSPS) is 17.0. The molecule has 124 valence electrons. The summed E-state index contributed by atoms with van der Waals surface area (Å²) in [7, 11) is 0. The Hall–Kier alpha value is -2.89. The molecule has 6 heteroatoms. The highest BCUT2D eigenvalue weighted by atomic mass is 16.4. The van der Waals surface area contributed by atoms with Gasteiger partial charge in [-0.15, -0.1) is 0 Å². The minimum Gasteiger partial charge on any atom is -0.481 e. The van der Waals surface area contributed by atoms with Crippen molar-refractivity contribution in [3.05, 3.63) is 59.5 Å². The highest BCUT2D eigenvalue weighted by Gasteiger charge is 2.33. The summed E-state index contributed by atoms with van der Waals surface area (Å²) < 4.78 is 5.39. The lowest BCUT2D eigenvalue weighted by Gasteiger charge is -2.22. The van der Waals surface area contributed by atoms with Gasteiger partial charge in [-0.3, -0.25) is 9.59 Å². The van der Waals surface area contributed by atoms with Gasteiger partial charge in [0.25, 0.3) is 0 Å². The molecule has 1 aliphatic rings. The van der Waals surface area contributed by atoms with E-state index in [1.54, 1.807) is 18.4 Å². The maximum atomic E-state index is 12.5. The van der Waals surface area contributed by atoms with Gasteiger partial charge in [-0.2, -0.15) is 5.10 Å². The number of aliphatic carboxylic acids is 1. The predicted octanol–water partition coefficient (Wildman–Crippen LogP) is 3.13. The number of hydrazone groups is 1. The second-order valence-electron chi connectivity index (χ2n) is 5.79. The average molecular weight is 326 g/mol. The van der Waals surface area contributed by atoms with Crippen LogP contribution in [0.1, 0.15) is 42.2 Å². The van der Waals surface area contributed by atoms with E-state index < -0.39 is 5.97 Å². The Bertz CT molecular complexity index is 780. The summed E-state index contributed by atoms with van der Waals surface area (Å²) >= 11 is 0. The van der Waals surface area contributed by atoms with Gasteiger partial charge in [-0.1, -0.05) is 29.8 Å². The van der Waals surface area contributed by atoms with E-state index in [0.717, 1.165) is 11.1 Å². The molecule has 0 fully saturated rings. The van der Waals surface area contributed by atoms with Crippen LogP contribution in [0.3, 0.4) is 0 Å². The molecule has 0 spiro atoms. The summed E-state index contributed by atoms with van der Waals surface area (Å²) in [5.74, 6) is -0.670. The summed E-state index contributed by atoms with van der Waals surface area (Å²) in [6.07, 6.45) is 1.82. The molecule has 0 radical (unpaired) electrons. The van der Waals surface area contributed by atoms with Gasteiger partial charge in [-0.05, 0) is 24.6 Å². The zero-order chi connectivity index (χ0) is 17.1. The van der Waals surface area contributed by atoms with Gasteiger partial charge in [0.15, 0.2) is 0 Å². The van der Waals surface area contributed by atoms with Crippen LogP contribution >= 0.6 is 0 Å². The summed E-state index contributed by atoms with van der Waals surface area (Å²) in [4.78, 5) is 23.2. The van der Waals surface area contributed by atoms with Gasteiger partial charge in [0.05, 0.1) is 18.7 Å². The first-order chi connectivity index (χ1) is 11.5. The Morgan fingerprint density at radius 1 is 1.29 bits per heavy atom. The molecule has 0 bridgehead atoms. The monoisotopic (exact) mass is 326 g/mol. The number of rotatable bonds is 5. The van der Waals surface area contributed by atoms with E-state index in [1.165, 1.54) is 5.01 Å². The zero-order valence-corrected chi connectivity index (χ0v) is 13.3. The van der Waals surface area contributed by atoms with E-state index in [-0.39, 0.29) is 24.8 Å². The lowest BCUT2D eigenvalue weighted by atomic mass is 9.99. The van der Waals surface area contributed by atoms with Crippen molar-refractivity contribution in [3.8, 4) is 0 Å². The third kappa shape index (κ3) is 3.37. The summed E-state index contributed by atoms with van der Waals surface area (Å²) in [6.45, 7) is 1.99. The van der Waals surface area contributed by atoms with E-state index in [0.29, 0.717) is 17.9 Å². The van der Waals surface area contributed by atoms with Gasteiger partial charge in [-0.25, -0.2) is 5.01 Å². The van der Waals surface area contributed by atoms with Crippen LogP contribution in [0.15, 0.2) is 52.2 Å². The Morgan fingerprint density at radius 2 is 2.12 bits per heavy atom. The number of carboxylic acid groups (broad SMARTS) is 1. The molecule has 1 atom stereocenters. The number of nitrogens with zero attached hydrogens (tertiary/aromatic N) is 2. The molecule has 1 aromatic heterocycles.